The molecule has 0 heterocycles. The van der Waals surface area contributed by atoms with Crippen molar-refractivity contribution >= 4 is 11.9 Å². The standard InChI is InChI=1S/C19H27NO4/c1-19(2,24)15-10-8-14(9-11-15)17(21)20-16(18(22)23)12-13-6-4-3-5-7-13/h3-7,14-16,24H,8-12H2,1-2H3,(H,20,21)(H,22,23)/t14?,15?,16-/m1/s1. The topological polar surface area (TPSA) is 86.6 Å². The van der Waals surface area contributed by atoms with Crippen LogP contribution in [-0.2, 0) is 16.0 Å². The minimum atomic E-state index is -1.02. The number of rotatable bonds is 6. The maximum absolute atomic E-state index is 12.4. The fourth-order valence-electron chi connectivity index (χ4n) is 3.40. The second kappa shape index (κ2) is 7.79. The van der Waals surface area contributed by atoms with Gasteiger partial charge in [-0.3, -0.25) is 4.79 Å². The Morgan fingerprint density at radius 3 is 2.25 bits per heavy atom. The maximum Gasteiger partial charge on any atom is 0.326 e. The molecule has 0 radical (unpaired) electrons. The van der Waals surface area contributed by atoms with Gasteiger partial charge in [0.1, 0.15) is 6.04 Å². The molecule has 1 saturated carbocycles. The molecule has 0 saturated heterocycles. The highest BCUT2D eigenvalue weighted by atomic mass is 16.4. The van der Waals surface area contributed by atoms with Gasteiger partial charge in [-0.05, 0) is 51.0 Å². The summed E-state index contributed by atoms with van der Waals surface area (Å²) in [5.41, 5.74) is 0.161. The zero-order chi connectivity index (χ0) is 17.7. The lowest BCUT2D eigenvalue weighted by Gasteiger charge is -2.35. The lowest BCUT2D eigenvalue weighted by Crippen LogP contribution is -2.46. The summed E-state index contributed by atoms with van der Waals surface area (Å²) in [5, 5.41) is 22.1. The van der Waals surface area contributed by atoms with Crippen molar-refractivity contribution in [1.82, 2.24) is 5.32 Å². The highest BCUT2D eigenvalue weighted by molar-refractivity contribution is 5.85. The highest BCUT2D eigenvalue weighted by Crippen LogP contribution is 2.35. The molecule has 132 valence electrons. The van der Waals surface area contributed by atoms with Crippen molar-refractivity contribution in [2.45, 2.75) is 57.6 Å². The van der Waals surface area contributed by atoms with Gasteiger partial charge >= 0.3 is 5.97 Å². The molecule has 0 aliphatic heterocycles. The average molecular weight is 333 g/mol. The van der Waals surface area contributed by atoms with Gasteiger partial charge in [0.2, 0.25) is 5.91 Å². The van der Waals surface area contributed by atoms with E-state index in [1.165, 1.54) is 0 Å². The minimum Gasteiger partial charge on any atom is -0.480 e. The van der Waals surface area contributed by atoms with Crippen LogP contribution in [0.3, 0.4) is 0 Å². The minimum absolute atomic E-state index is 0.166. The van der Waals surface area contributed by atoms with Crippen molar-refractivity contribution in [1.29, 1.82) is 0 Å². The first kappa shape index (κ1) is 18.5. The first-order chi connectivity index (χ1) is 11.3. The molecule has 0 bridgehead atoms. The van der Waals surface area contributed by atoms with Crippen LogP contribution in [0.4, 0.5) is 0 Å². The van der Waals surface area contributed by atoms with Crippen molar-refractivity contribution < 1.29 is 19.8 Å². The lowest BCUT2D eigenvalue weighted by atomic mass is 9.74. The Kier molecular flexibility index (Phi) is 5.99. The van der Waals surface area contributed by atoms with Crippen LogP contribution in [0, 0.1) is 11.8 Å². The largest absolute Gasteiger partial charge is 0.480 e. The molecule has 0 aromatic heterocycles. The van der Waals surface area contributed by atoms with Crippen LogP contribution >= 0.6 is 0 Å². The van der Waals surface area contributed by atoms with Gasteiger partial charge in [0.15, 0.2) is 0 Å². The number of carbonyl (C=O) groups is 2. The van der Waals surface area contributed by atoms with E-state index in [4.69, 9.17) is 0 Å². The Morgan fingerprint density at radius 1 is 1.17 bits per heavy atom. The molecule has 0 spiro atoms. The summed E-state index contributed by atoms with van der Waals surface area (Å²) < 4.78 is 0. The third-order valence-electron chi connectivity index (χ3n) is 4.99. The number of benzene rings is 1. The van der Waals surface area contributed by atoms with E-state index in [9.17, 15) is 19.8 Å². The third kappa shape index (κ3) is 5.06. The Labute approximate surface area is 143 Å². The second-order valence-corrected chi connectivity index (χ2v) is 7.29. The van der Waals surface area contributed by atoms with Gasteiger partial charge in [-0.2, -0.15) is 0 Å². The molecule has 24 heavy (non-hydrogen) atoms. The monoisotopic (exact) mass is 333 g/mol. The van der Waals surface area contributed by atoms with Crippen LogP contribution in [0.1, 0.15) is 45.1 Å². The van der Waals surface area contributed by atoms with Gasteiger partial charge in [-0.1, -0.05) is 30.3 Å². The summed E-state index contributed by atoms with van der Waals surface area (Å²) in [4.78, 5) is 23.9. The molecule has 1 aromatic carbocycles. The SMILES string of the molecule is CC(C)(O)C1CCC(C(=O)N[C@H](Cc2ccccc2)C(=O)O)CC1. The number of amides is 1. The number of carboxylic acids is 1. The van der Waals surface area contributed by atoms with Gasteiger partial charge < -0.3 is 15.5 Å². The molecule has 1 fully saturated rings. The molecule has 1 atom stereocenters. The smallest absolute Gasteiger partial charge is 0.326 e. The fraction of sp³-hybridized carbons (Fsp3) is 0.579. The van der Waals surface area contributed by atoms with Gasteiger partial charge in [-0.25, -0.2) is 4.79 Å². The molecule has 1 aliphatic carbocycles. The molecule has 3 N–H and O–H groups in total. The number of carboxylic acid groups (broad SMARTS) is 1. The maximum atomic E-state index is 12.4. The summed E-state index contributed by atoms with van der Waals surface area (Å²) in [6.07, 6.45) is 3.24. The lowest BCUT2D eigenvalue weighted by molar-refractivity contribution is -0.142. The van der Waals surface area contributed by atoms with Gasteiger partial charge in [-0.15, -0.1) is 0 Å². The predicted octanol–water partition coefficient (Wildman–Crippen LogP) is 2.38. The Balaban J connectivity index is 1.91. The Bertz CT molecular complexity index is 556. The van der Waals surface area contributed by atoms with E-state index >= 15 is 0 Å². The molecular formula is C19H27NO4. The van der Waals surface area contributed by atoms with Crippen molar-refractivity contribution in [3.63, 3.8) is 0 Å². The van der Waals surface area contributed by atoms with E-state index < -0.39 is 17.6 Å². The number of aliphatic hydroxyl groups is 1. The molecule has 5 nitrogen and oxygen atoms in total. The van der Waals surface area contributed by atoms with Gasteiger partial charge in [0.25, 0.3) is 0 Å². The molecule has 0 unspecified atom stereocenters. The first-order valence-corrected chi connectivity index (χ1v) is 8.57. The highest BCUT2D eigenvalue weighted by Gasteiger charge is 2.34. The number of aliphatic carboxylic acids is 1. The first-order valence-electron chi connectivity index (χ1n) is 8.57. The van der Waals surface area contributed by atoms with Crippen LogP contribution in [0.5, 0.6) is 0 Å². The van der Waals surface area contributed by atoms with Crippen molar-refractivity contribution in [3.05, 3.63) is 35.9 Å². The summed E-state index contributed by atoms with van der Waals surface area (Å²) in [7, 11) is 0. The summed E-state index contributed by atoms with van der Waals surface area (Å²) in [6, 6.07) is 8.39. The normalized spacial score (nSPS) is 22.6. The fourth-order valence-corrected chi connectivity index (χ4v) is 3.40. The molecule has 1 aromatic rings. The van der Waals surface area contributed by atoms with Crippen LogP contribution in [0.25, 0.3) is 0 Å². The quantitative estimate of drug-likeness (QED) is 0.746. The Morgan fingerprint density at radius 2 is 1.75 bits per heavy atom. The molecule has 5 heteroatoms. The summed E-state index contributed by atoms with van der Waals surface area (Å²) >= 11 is 0. The van der Waals surface area contributed by atoms with Crippen LogP contribution < -0.4 is 5.32 Å². The van der Waals surface area contributed by atoms with Gasteiger partial charge in [0.05, 0.1) is 5.60 Å². The molecule has 2 rings (SSSR count). The molecule has 1 amide bonds. The van der Waals surface area contributed by atoms with Crippen molar-refractivity contribution in [3.8, 4) is 0 Å². The van der Waals surface area contributed by atoms with E-state index in [0.717, 1.165) is 18.4 Å². The Hall–Kier alpha value is -1.88. The van der Waals surface area contributed by atoms with Crippen molar-refractivity contribution in [2.24, 2.45) is 11.8 Å². The average Bonchev–Trinajstić information content (AvgIpc) is 2.54. The number of hydrogen-bond donors (Lipinski definition) is 3. The van der Waals surface area contributed by atoms with Crippen LogP contribution in [0.15, 0.2) is 30.3 Å². The molecule has 1 aliphatic rings. The second-order valence-electron chi connectivity index (χ2n) is 7.29. The number of nitrogens with one attached hydrogen (secondary N) is 1. The van der Waals surface area contributed by atoms with E-state index in [2.05, 4.69) is 5.32 Å². The third-order valence-corrected chi connectivity index (χ3v) is 4.99. The van der Waals surface area contributed by atoms with E-state index in [1.807, 2.05) is 30.3 Å². The van der Waals surface area contributed by atoms with E-state index in [0.29, 0.717) is 12.8 Å². The summed E-state index contributed by atoms with van der Waals surface area (Å²) in [5.74, 6) is -1.17. The zero-order valence-electron chi connectivity index (χ0n) is 14.4. The van der Waals surface area contributed by atoms with E-state index in [1.54, 1.807) is 13.8 Å². The van der Waals surface area contributed by atoms with Gasteiger partial charge in [0, 0.05) is 12.3 Å². The summed E-state index contributed by atoms with van der Waals surface area (Å²) in [6.45, 7) is 3.61. The van der Waals surface area contributed by atoms with Crippen LogP contribution in [0.2, 0.25) is 0 Å². The van der Waals surface area contributed by atoms with Crippen molar-refractivity contribution in [2.75, 3.05) is 0 Å². The number of hydrogen-bond acceptors (Lipinski definition) is 3. The molecular weight excluding hydrogens is 306 g/mol. The predicted molar refractivity (Wildman–Crippen MR) is 91.5 cm³/mol. The number of carbonyl (C=O) groups excluding carboxylic acids is 1. The zero-order valence-corrected chi connectivity index (χ0v) is 14.4. The van der Waals surface area contributed by atoms with Crippen LogP contribution in [-0.4, -0.2) is 33.7 Å². The van der Waals surface area contributed by atoms with E-state index in [-0.39, 0.29) is 24.2 Å².